The number of nitrogens with two attached hydrogens (primary N) is 1. The molecule has 14 heteroatoms. The molecule has 0 radical (unpaired) electrons. The summed E-state index contributed by atoms with van der Waals surface area (Å²) >= 11 is 0. The van der Waals surface area contributed by atoms with Crippen LogP contribution in [-0.2, 0) is 13.8 Å². The van der Waals surface area contributed by atoms with E-state index >= 15 is 0 Å². The minimum atomic E-state index is -5.24. The third kappa shape index (κ3) is 6.15. The molecule has 1 fully saturated rings. The molecule has 0 bridgehead atoms. The second-order valence-corrected chi connectivity index (χ2v) is 5.48. The van der Waals surface area contributed by atoms with Crippen molar-refractivity contribution >= 4 is 13.6 Å². The third-order valence-corrected chi connectivity index (χ3v) is 3.33. The van der Waals surface area contributed by atoms with Crippen LogP contribution in [0.25, 0.3) is 0 Å². The molecule has 1 aliphatic rings. The van der Waals surface area contributed by atoms with Gasteiger partial charge in [0.05, 0.1) is 14.4 Å². The Bertz CT molecular complexity index is 625. The van der Waals surface area contributed by atoms with Crippen molar-refractivity contribution in [2.75, 3.05) is 12.3 Å². The van der Waals surface area contributed by atoms with Crippen molar-refractivity contribution in [3.63, 3.8) is 0 Å². The molecule has 0 amide bonds. The van der Waals surface area contributed by atoms with Crippen molar-refractivity contribution in [2.24, 2.45) is 0 Å². The quantitative estimate of drug-likeness (QED) is 0.261. The number of aromatic nitrogens is 2. The first-order valence-corrected chi connectivity index (χ1v) is 7.18. The molecule has 1 aromatic heterocycles. The predicted molar refractivity (Wildman–Crippen MR) is 62.4 cm³/mol. The predicted octanol–water partition coefficient (Wildman–Crippen LogP) is -9.70. The molecule has 11 nitrogen and oxygen atoms in total. The minimum Gasteiger partial charge on any atom is -0.790 e. The first-order valence-electron chi connectivity index (χ1n) is 5.72. The normalized spacial score (nSPS) is 27.1. The Morgan fingerprint density at radius 2 is 2.00 bits per heavy atom. The van der Waals surface area contributed by atoms with Crippen molar-refractivity contribution in [2.45, 2.75) is 24.5 Å². The fourth-order valence-electron chi connectivity index (χ4n) is 1.88. The van der Waals surface area contributed by atoms with Crippen LogP contribution in [0.4, 0.5) is 5.82 Å². The Kier molecular flexibility index (Phi) is 9.66. The number of nitrogen functional groups attached to an aromatic ring is 1. The maximum Gasteiger partial charge on any atom is 1.00 e. The van der Waals surface area contributed by atoms with Gasteiger partial charge in [-0.3, -0.25) is 4.57 Å². The van der Waals surface area contributed by atoms with E-state index < -0.39 is 44.7 Å². The van der Waals surface area contributed by atoms with Crippen LogP contribution in [0.2, 0.25) is 0 Å². The summed E-state index contributed by atoms with van der Waals surface area (Å²) in [6, 6.07) is 1.27. The largest absolute Gasteiger partial charge is 1.00 e. The Labute approximate surface area is 174 Å². The van der Waals surface area contributed by atoms with Gasteiger partial charge in [-0.25, -0.2) is 4.79 Å². The Hall–Kier alpha value is 0.670. The molecule has 0 unspecified atom stereocenters. The number of phosphoric ester groups is 1. The van der Waals surface area contributed by atoms with Gasteiger partial charge in [-0.2, -0.15) is 4.98 Å². The van der Waals surface area contributed by atoms with E-state index in [9.17, 15) is 29.4 Å². The number of hydrogen-bond donors (Lipinski definition) is 3. The molecule has 1 aromatic rings. The van der Waals surface area contributed by atoms with E-state index in [1.807, 2.05) is 0 Å². The van der Waals surface area contributed by atoms with Gasteiger partial charge < -0.3 is 39.6 Å². The standard InChI is InChI=1S/C9H14N3O8P.2Na/c10-5-1-2-12(9(15)11-5)8-7(14)6(13)4(20-8)3-19-21(16,17)18;;/h1-2,4,6-8,13-14H,3H2,(H2,10,11,15)(H2,16,17,18);;/q;2*+1/p-2/t4-,6-,7-,8-;;/m1../s1/i10+1,11+1,12+1;;. The number of rotatable bonds is 4. The molecule has 1 saturated heterocycles. The number of anilines is 1. The van der Waals surface area contributed by atoms with Crippen LogP contribution in [0.3, 0.4) is 0 Å². The van der Waals surface area contributed by atoms with E-state index in [0.29, 0.717) is 0 Å². The summed E-state index contributed by atoms with van der Waals surface area (Å²) in [5, 5.41) is 19.6. The summed E-state index contributed by atoms with van der Waals surface area (Å²) in [5.41, 5.74) is 4.49. The Morgan fingerprint density at radius 3 is 2.52 bits per heavy atom. The van der Waals surface area contributed by atoms with Crippen molar-refractivity contribution in [1.29, 1.82) is 0 Å². The van der Waals surface area contributed by atoms with Crippen molar-refractivity contribution in [1.82, 2.24) is 9.55 Å². The zero-order valence-electron chi connectivity index (χ0n) is 12.4. The fourth-order valence-corrected chi connectivity index (χ4v) is 2.21. The first-order chi connectivity index (χ1) is 9.69. The molecule has 118 valence electrons. The van der Waals surface area contributed by atoms with Crippen LogP contribution in [0.1, 0.15) is 6.23 Å². The summed E-state index contributed by atoms with van der Waals surface area (Å²) in [4.78, 5) is 35.8. The molecule has 4 atom stereocenters. The molecular weight excluding hydrogens is 358 g/mol. The van der Waals surface area contributed by atoms with Gasteiger partial charge in [0.2, 0.25) is 0 Å². The smallest absolute Gasteiger partial charge is 0.790 e. The molecule has 2 rings (SSSR count). The summed E-state index contributed by atoms with van der Waals surface area (Å²) in [6.45, 7) is -0.782. The zero-order chi connectivity index (χ0) is 15.8. The number of hydrogen-bond acceptors (Lipinski definition) is 10. The second kappa shape index (κ2) is 9.39. The van der Waals surface area contributed by atoms with Gasteiger partial charge in [0, 0.05) is 6.20 Å². The van der Waals surface area contributed by atoms with E-state index in [0.717, 1.165) is 4.57 Å². The van der Waals surface area contributed by atoms with Gasteiger partial charge in [-0.15, -0.1) is 0 Å². The molecule has 23 heavy (non-hydrogen) atoms. The Morgan fingerprint density at radius 1 is 1.39 bits per heavy atom. The maximum absolute atomic E-state index is 11.6. The second-order valence-electron chi connectivity index (χ2n) is 4.33. The molecule has 2 heterocycles. The molecule has 0 aromatic carbocycles. The molecule has 4 N–H and O–H groups in total. The van der Waals surface area contributed by atoms with E-state index in [1.165, 1.54) is 12.3 Å². The van der Waals surface area contributed by atoms with Crippen LogP contribution in [0, 0.1) is 0 Å². The van der Waals surface area contributed by atoms with Gasteiger partial charge in [0.15, 0.2) is 6.23 Å². The van der Waals surface area contributed by atoms with Gasteiger partial charge in [0.25, 0.3) is 0 Å². The van der Waals surface area contributed by atoms with E-state index in [2.05, 4.69) is 9.51 Å². The third-order valence-electron chi connectivity index (χ3n) is 2.86. The van der Waals surface area contributed by atoms with Gasteiger partial charge in [-0.1, -0.05) is 0 Å². The summed E-state index contributed by atoms with van der Waals surface area (Å²) < 4.78 is 20.4. The number of aliphatic hydroxyl groups excluding tert-OH is 2. The van der Waals surface area contributed by atoms with Crippen LogP contribution >= 0.6 is 7.82 Å². The van der Waals surface area contributed by atoms with Crippen LogP contribution < -0.4 is 80.3 Å². The Balaban J connectivity index is 0.00000242. The topological polar surface area (TPSA) is 183 Å². The van der Waals surface area contributed by atoms with Crippen molar-refractivity contribution in [3.8, 4) is 0 Å². The molecular formula is C9H12N3Na2O8P. The summed E-state index contributed by atoms with van der Waals surface area (Å²) in [6.07, 6.45) is -4.51. The average Bonchev–Trinajstić information content (AvgIpc) is 2.64. The number of ether oxygens (including phenoxy) is 1. The SMILES string of the molecule is [15NH2]c1cc[15n]([C@@H]2O[C@H](COP(=O)([O-])[O-])[C@@H](O)[C@H]2O)c(=O)[15n]1.[Na+].[Na+]. The zero-order valence-corrected chi connectivity index (χ0v) is 17.3. The number of phosphoric acid groups is 1. The van der Waals surface area contributed by atoms with E-state index in [4.69, 9.17) is 10.5 Å². The monoisotopic (exact) mass is 370 g/mol. The van der Waals surface area contributed by atoms with Crippen LogP contribution in [0.15, 0.2) is 17.1 Å². The van der Waals surface area contributed by atoms with E-state index in [-0.39, 0.29) is 64.9 Å². The minimum absolute atomic E-state index is 0. The molecule has 0 spiro atoms. The van der Waals surface area contributed by atoms with Gasteiger partial charge >= 0.3 is 64.8 Å². The van der Waals surface area contributed by atoms with E-state index in [1.54, 1.807) is 0 Å². The van der Waals surface area contributed by atoms with Crippen molar-refractivity contribution in [3.05, 3.63) is 22.7 Å². The summed E-state index contributed by atoms with van der Waals surface area (Å²) in [7, 11) is -5.24. The number of nitrogens with zero attached hydrogens (tertiary/aromatic N) is 2. The average molecular weight is 370 g/mol. The van der Waals surface area contributed by atoms with Crippen LogP contribution in [0.5, 0.6) is 0 Å². The van der Waals surface area contributed by atoms with Gasteiger partial charge in [-0.05, 0) is 6.07 Å². The number of aliphatic hydroxyl groups is 2. The summed E-state index contributed by atoms with van der Waals surface area (Å²) in [5.74, 6) is -0.0391. The maximum atomic E-state index is 11.6. The first kappa shape index (κ1) is 23.7. The molecule has 1 aliphatic heterocycles. The fraction of sp³-hybridized carbons (Fsp3) is 0.556. The molecule has 0 aliphatic carbocycles. The van der Waals surface area contributed by atoms with Gasteiger partial charge in [0.1, 0.15) is 24.1 Å². The van der Waals surface area contributed by atoms with Crippen molar-refractivity contribution < 1.29 is 92.9 Å². The molecule has 0 saturated carbocycles. The van der Waals surface area contributed by atoms with Crippen LogP contribution in [-0.4, -0.2) is 44.7 Å².